The van der Waals surface area contributed by atoms with Crippen LogP contribution in [-0.2, 0) is 11.2 Å². The van der Waals surface area contributed by atoms with Crippen LogP contribution in [0.5, 0.6) is 0 Å². The standard InChI is InChI=1S/C22H25N5O2/c1-3-14-7-9-15(10-8-14)17-16(12-23)20(28)24-19-18(17)21(29)26-22(25-19)27-11-5-4-6-13(27)2/h7-10,13,16-17H,3-6,11H2,1-2H3,(H2,24,25,26,28,29). The van der Waals surface area contributed by atoms with Crippen molar-refractivity contribution in [3.8, 4) is 6.07 Å². The van der Waals surface area contributed by atoms with Crippen molar-refractivity contribution >= 4 is 17.7 Å². The molecule has 0 saturated carbocycles. The number of rotatable bonds is 3. The lowest BCUT2D eigenvalue weighted by Gasteiger charge is -2.35. The molecule has 3 atom stereocenters. The number of nitrogens with one attached hydrogen (secondary N) is 2. The molecule has 1 aromatic carbocycles. The number of aromatic nitrogens is 2. The average Bonchev–Trinajstić information content (AvgIpc) is 2.73. The van der Waals surface area contributed by atoms with Crippen molar-refractivity contribution in [2.75, 3.05) is 16.8 Å². The number of fused-ring (bicyclic) bond motifs is 1. The van der Waals surface area contributed by atoms with Crippen molar-refractivity contribution in [3.05, 3.63) is 51.3 Å². The van der Waals surface area contributed by atoms with Crippen LogP contribution in [0.2, 0.25) is 0 Å². The first kappa shape index (κ1) is 19.2. The molecule has 3 heterocycles. The first-order valence-electron chi connectivity index (χ1n) is 10.2. The summed E-state index contributed by atoms with van der Waals surface area (Å²) in [5, 5.41) is 12.4. The Hall–Kier alpha value is -3.14. The van der Waals surface area contributed by atoms with Gasteiger partial charge in [0.05, 0.1) is 11.6 Å². The Bertz CT molecular complexity index is 1020. The Labute approximate surface area is 169 Å². The predicted molar refractivity (Wildman–Crippen MR) is 111 cm³/mol. The lowest BCUT2D eigenvalue weighted by molar-refractivity contribution is -0.119. The molecule has 0 bridgehead atoms. The third-order valence-electron chi connectivity index (χ3n) is 6.07. The molecule has 0 aliphatic carbocycles. The van der Waals surface area contributed by atoms with Crippen molar-refractivity contribution in [1.29, 1.82) is 5.26 Å². The summed E-state index contributed by atoms with van der Waals surface area (Å²) in [7, 11) is 0. The van der Waals surface area contributed by atoms with Crippen LogP contribution >= 0.6 is 0 Å². The van der Waals surface area contributed by atoms with Gasteiger partial charge in [-0.1, -0.05) is 31.2 Å². The zero-order chi connectivity index (χ0) is 20.5. The van der Waals surface area contributed by atoms with Gasteiger partial charge in [-0.2, -0.15) is 10.2 Å². The second-order valence-electron chi connectivity index (χ2n) is 7.86. The highest BCUT2D eigenvalue weighted by Crippen LogP contribution is 2.38. The normalized spacial score (nSPS) is 23.8. The average molecular weight is 391 g/mol. The van der Waals surface area contributed by atoms with Crippen molar-refractivity contribution in [3.63, 3.8) is 0 Å². The quantitative estimate of drug-likeness (QED) is 0.838. The molecule has 0 spiro atoms. The second-order valence-corrected chi connectivity index (χ2v) is 7.86. The Kier molecular flexibility index (Phi) is 5.10. The number of aryl methyl sites for hydroxylation is 1. The molecule has 3 unspecified atom stereocenters. The van der Waals surface area contributed by atoms with Gasteiger partial charge >= 0.3 is 0 Å². The summed E-state index contributed by atoms with van der Waals surface area (Å²) >= 11 is 0. The maximum Gasteiger partial charge on any atom is 0.258 e. The highest BCUT2D eigenvalue weighted by atomic mass is 16.2. The van der Waals surface area contributed by atoms with E-state index in [0.29, 0.717) is 11.5 Å². The van der Waals surface area contributed by atoms with Gasteiger partial charge in [0.15, 0.2) is 0 Å². The molecule has 2 N–H and O–H groups in total. The summed E-state index contributed by atoms with van der Waals surface area (Å²) in [4.78, 5) is 35.4. The van der Waals surface area contributed by atoms with E-state index in [4.69, 9.17) is 0 Å². The van der Waals surface area contributed by atoms with Gasteiger partial charge < -0.3 is 10.2 Å². The number of carbonyl (C=O) groups is 1. The summed E-state index contributed by atoms with van der Waals surface area (Å²) in [6, 6.07) is 10.1. The number of anilines is 2. The molecule has 2 aliphatic heterocycles. The van der Waals surface area contributed by atoms with E-state index in [1.54, 1.807) is 0 Å². The van der Waals surface area contributed by atoms with E-state index in [9.17, 15) is 14.9 Å². The molecule has 7 heteroatoms. The van der Waals surface area contributed by atoms with Gasteiger partial charge in [-0.3, -0.25) is 14.6 Å². The van der Waals surface area contributed by atoms with Crippen LogP contribution < -0.4 is 15.8 Å². The van der Waals surface area contributed by atoms with Gasteiger partial charge in [0.2, 0.25) is 11.9 Å². The largest absolute Gasteiger partial charge is 0.340 e. The number of amides is 1. The van der Waals surface area contributed by atoms with Crippen LogP contribution in [0.15, 0.2) is 29.1 Å². The van der Waals surface area contributed by atoms with Crippen LogP contribution in [0.4, 0.5) is 11.8 Å². The molecule has 4 rings (SSSR count). The van der Waals surface area contributed by atoms with Gasteiger partial charge in [0.25, 0.3) is 5.56 Å². The second kappa shape index (κ2) is 7.70. The van der Waals surface area contributed by atoms with Gasteiger partial charge in [-0.25, -0.2) is 0 Å². The molecular formula is C22H25N5O2. The van der Waals surface area contributed by atoms with Crippen LogP contribution in [0.1, 0.15) is 55.7 Å². The maximum atomic E-state index is 13.1. The van der Waals surface area contributed by atoms with Gasteiger partial charge in [0.1, 0.15) is 11.7 Å². The number of aromatic amines is 1. The molecular weight excluding hydrogens is 366 g/mol. The lowest BCUT2D eigenvalue weighted by Crippen LogP contribution is -2.42. The molecule has 0 radical (unpaired) electrons. The Balaban J connectivity index is 1.82. The van der Waals surface area contributed by atoms with Crippen LogP contribution in [0.3, 0.4) is 0 Å². The number of H-pyrrole nitrogens is 1. The third-order valence-corrected chi connectivity index (χ3v) is 6.07. The lowest BCUT2D eigenvalue weighted by atomic mass is 9.79. The number of nitriles is 1. The van der Waals surface area contributed by atoms with Gasteiger partial charge in [-0.05, 0) is 43.7 Å². The number of piperidine rings is 1. The summed E-state index contributed by atoms with van der Waals surface area (Å²) < 4.78 is 0. The number of hydrogen-bond donors (Lipinski definition) is 2. The molecule has 7 nitrogen and oxygen atoms in total. The van der Waals surface area contributed by atoms with E-state index >= 15 is 0 Å². The molecule has 1 saturated heterocycles. The molecule has 1 aromatic heterocycles. The number of hydrogen-bond acceptors (Lipinski definition) is 5. The molecule has 2 aromatic rings. The summed E-state index contributed by atoms with van der Waals surface area (Å²) in [6.45, 7) is 4.99. The molecule has 1 fully saturated rings. The fraction of sp³-hybridized carbons (Fsp3) is 0.455. The third kappa shape index (κ3) is 3.39. The first-order chi connectivity index (χ1) is 14.0. The number of carbonyl (C=O) groups excluding carboxylic acids is 1. The van der Waals surface area contributed by atoms with Crippen LogP contribution in [0.25, 0.3) is 0 Å². The van der Waals surface area contributed by atoms with Crippen LogP contribution in [-0.4, -0.2) is 28.5 Å². The van der Waals surface area contributed by atoms with Crippen molar-refractivity contribution < 1.29 is 4.79 Å². The predicted octanol–water partition coefficient (Wildman–Crippen LogP) is 2.93. The minimum absolute atomic E-state index is 0.266. The highest BCUT2D eigenvalue weighted by Gasteiger charge is 2.40. The van der Waals surface area contributed by atoms with Gasteiger partial charge in [0, 0.05) is 18.5 Å². The number of benzene rings is 1. The molecule has 150 valence electrons. The zero-order valence-electron chi connectivity index (χ0n) is 16.7. The topological polar surface area (TPSA) is 102 Å². The van der Waals surface area contributed by atoms with E-state index in [0.717, 1.165) is 43.4 Å². The van der Waals surface area contributed by atoms with E-state index < -0.39 is 17.7 Å². The molecule has 1 amide bonds. The Morgan fingerprint density at radius 3 is 2.66 bits per heavy atom. The van der Waals surface area contributed by atoms with Crippen molar-refractivity contribution in [1.82, 2.24) is 9.97 Å². The first-order valence-corrected chi connectivity index (χ1v) is 10.2. The van der Waals surface area contributed by atoms with Crippen molar-refractivity contribution in [2.45, 2.75) is 51.5 Å². The van der Waals surface area contributed by atoms with E-state index in [1.807, 2.05) is 24.3 Å². The Morgan fingerprint density at radius 2 is 2.00 bits per heavy atom. The summed E-state index contributed by atoms with van der Waals surface area (Å²) in [5.74, 6) is -1.28. The highest BCUT2D eigenvalue weighted by molar-refractivity contribution is 5.98. The minimum atomic E-state index is -0.974. The fourth-order valence-corrected chi connectivity index (χ4v) is 4.37. The Morgan fingerprint density at radius 1 is 1.24 bits per heavy atom. The van der Waals surface area contributed by atoms with Crippen LogP contribution in [0, 0.1) is 17.2 Å². The number of nitrogens with zero attached hydrogens (tertiary/aromatic N) is 3. The SMILES string of the molecule is CCc1ccc(C2c3c(nc(N4CCCCC4C)[nH]c3=O)NC(=O)C2C#N)cc1. The molecule has 2 aliphatic rings. The van der Waals surface area contributed by atoms with Crippen molar-refractivity contribution in [2.24, 2.45) is 5.92 Å². The maximum absolute atomic E-state index is 13.1. The summed E-state index contributed by atoms with van der Waals surface area (Å²) in [5.41, 5.74) is 1.99. The van der Waals surface area contributed by atoms with E-state index in [1.165, 1.54) is 0 Å². The summed E-state index contributed by atoms with van der Waals surface area (Å²) in [6.07, 6.45) is 4.13. The fourth-order valence-electron chi connectivity index (χ4n) is 4.37. The monoisotopic (exact) mass is 391 g/mol. The van der Waals surface area contributed by atoms with Gasteiger partial charge in [-0.15, -0.1) is 0 Å². The molecule has 29 heavy (non-hydrogen) atoms. The van der Waals surface area contributed by atoms with E-state index in [-0.39, 0.29) is 17.4 Å². The zero-order valence-corrected chi connectivity index (χ0v) is 16.7. The van der Waals surface area contributed by atoms with E-state index in [2.05, 4.69) is 40.1 Å². The smallest absolute Gasteiger partial charge is 0.258 e. The minimum Gasteiger partial charge on any atom is -0.340 e.